The third-order valence-electron chi connectivity index (χ3n) is 5.68. The van der Waals surface area contributed by atoms with Gasteiger partial charge in [-0.05, 0) is 50.8 Å². The fourth-order valence-electron chi connectivity index (χ4n) is 3.82. The summed E-state index contributed by atoms with van der Waals surface area (Å²) in [5.74, 6) is 0.868. The van der Waals surface area contributed by atoms with Crippen LogP contribution >= 0.6 is 0 Å². The molecule has 2 aliphatic heterocycles. The number of carbonyl (C=O) groups excluding carboxylic acids is 2. The highest BCUT2D eigenvalue weighted by Crippen LogP contribution is 2.15. The van der Waals surface area contributed by atoms with Crippen molar-refractivity contribution in [3.05, 3.63) is 35.4 Å². The van der Waals surface area contributed by atoms with Gasteiger partial charge in [0.15, 0.2) is 0 Å². The fourth-order valence-corrected chi connectivity index (χ4v) is 3.82. The van der Waals surface area contributed by atoms with E-state index in [2.05, 4.69) is 10.6 Å². The maximum atomic E-state index is 12.5. The number of urea groups is 1. The molecular weight excluding hydrogens is 340 g/mol. The van der Waals surface area contributed by atoms with Gasteiger partial charge in [-0.15, -0.1) is 0 Å². The molecule has 2 fully saturated rings. The first-order valence-corrected chi connectivity index (χ1v) is 10.2. The van der Waals surface area contributed by atoms with Crippen molar-refractivity contribution < 1.29 is 9.59 Å². The predicted molar refractivity (Wildman–Crippen MR) is 107 cm³/mol. The monoisotopic (exact) mass is 372 g/mol. The van der Waals surface area contributed by atoms with Crippen molar-refractivity contribution in [3.8, 4) is 0 Å². The lowest BCUT2D eigenvalue weighted by Crippen LogP contribution is -2.53. The summed E-state index contributed by atoms with van der Waals surface area (Å²) in [4.78, 5) is 28.5. The van der Waals surface area contributed by atoms with Gasteiger partial charge in [-0.25, -0.2) is 4.79 Å². The first-order chi connectivity index (χ1) is 13.1. The van der Waals surface area contributed by atoms with E-state index in [9.17, 15) is 9.59 Å². The van der Waals surface area contributed by atoms with E-state index in [1.54, 1.807) is 0 Å². The highest BCUT2D eigenvalue weighted by atomic mass is 16.2. The van der Waals surface area contributed by atoms with E-state index in [1.807, 2.05) is 41.0 Å². The van der Waals surface area contributed by atoms with Crippen molar-refractivity contribution in [1.29, 1.82) is 0 Å². The number of hydrogen-bond acceptors (Lipinski definition) is 3. The van der Waals surface area contributed by atoms with Gasteiger partial charge in [-0.1, -0.05) is 29.8 Å². The van der Waals surface area contributed by atoms with Gasteiger partial charge in [-0.2, -0.15) is 0 Å². The molecule has 6 heteroatoms. The van der Waals surface area contributed by atoms with Crippen LogP contribution in [0.15, 0.2) is 24.3 Å². The van der Waals surface area contributed by atoms with Crippen LogP contribution < -0.4 is 10.6 Å². The molecular formula is C21H32N4O2. The van der Waals surface area contributed by atoms with Gasteiger partial charge in [0.1, 0.15) is 0 Å². The minimum Gasteiger partial charge on any atom is -0.339 e. The molecule has 27 heavy (non-hydrogen) atoms. The van der Waals surface area contributed by atoms with Crippen LogP contribution in [0, 0.1) is 12.8 Å². The van der Waals surface area contributed by atoms with Crippen LogP contribution in [-0.4, -0.2) is 67.6 Å². The number of hydrogen-bond donors (Lipinski definition) is 2. The van der Waals surface area contributed by atoms with Gasteiger partial charge in [0, 0.05) is 32.7 Å². The Balaban J connectivity index is 1.35. The molecule has 0 aromatic heterocycles. The Labute approximate surface area is 162 Å². The summed E-state index contributed by atoms with van der Waals surface area (Å²) < 4.78 is 0. The summed E-state index contributed by atoms with van der Waals surface area (Å²) in [5.41, 5.74) is 2.25. The van der Waals surface area contributed by atoms with Crippen molar-refractivity contribution in [3.63, 3.8) is 0 Å². The lowest BCUT2D eigenvalue weighted by Gasteiger charge is -2.35. The number of carbonyl (C=O) groups is 2. The van der Waals surface area contributed by atoms with Crippen LogP contribution in [0.3, 0.4) is 0 Å². The zero-order valence-electron chi connectivity index (χ0n) is 16.4. The molecule has 3 rings (SSSR count). The molecule has 0 saturated carbocycles. The highest BCUT2D eigenvalue weighted by Gasteiger charge is 2.24. The minimum atomic E-state index is 0.00886. The third-order valence-corrected chi connectivity index (χ3v) is 5.68. The number of amides is 3. The van der Waals surface area contributed by atoms with Crippen LogP contribution in [0.4, 0.5) is 4.79 Å². The molecule has 0 spiro atoms. The summed E-state index contributed by atoms with van der Waals surface area (Å²) in [7, 11) is 0. The topological polar surface area (TPSA) is 64.7 Å². The summed E-state index contributed by atoms with van der Waals surface area (Å²) in [6.45, 7) is 7.43. The second-order valence-electron chi connectivity index (χ2n) is 7.74. The maximum Gasteiger partial charge on any atom is 0.317 e. The third kappa shape index (κ3) is 5.96. The maximum absolute atomic E-state index is 12.5. The Kier molecular flexibility index (Phi) is 7.10. The van der Waals surface area contributed by atoms with E-state index in [4.69, 9.17) is 0 Å². The first-order valence-electron chi connectivity index (χ1n) is 10.2. The second kappa shape index (κ2) is 9.74. The summed E-state index contributed by atoms with van der Waals surface area (Å²) >= 11 is 0. The second-order valence-corrected chi connectivity index (χ2v) is 7.74. The van der Waals surface area contributed by atoms with Gasteiger partial charge in [0.25, 0.3) is 0 Å². The summed E-state index contributed by atoms with van der Waals surface area (Å²) in [5, 5.41) is 6.42. The quantitative estimate of drug-likeness (QED) is 0.828. The largest absolute Gasteiger partial charge is 0.339 e. The van der Waals surface area contributed by atoms with Crippen LogP contribution in [0.1, 0.15) is 30.4 Å². The molecule has 0 bridgehead atoms. The Hall–Kier alpha value is -2.08. The van der Waals surface area contributed by atoms with Crippen LogP contribution in [0.2, 0.25) is 0 Å². The Morgan fingerprint density at radius 1 is 1.04 bits per heavy atom. The van der Waals surface area contributed by atoms with Crippen LogP contribution in [0.5, 0.6) is 0 Å². The SMILES string of the molecule is Cc1ccc(CC(=O)N2CCN(C(=O)NCCC3CCNCC3)CC2)cc1. The summed E-state index contributed by atoms with van der Waals surface area (Å²) in [6, 6.07) is 8.11. The van der Waals surface area contributed by atoms with E-state index in [1.165, 1.54) is 18.4 Å². The number of nitrogens with one attached hydrogen (secondary N) is 2. The molecule has 2 saturated heterocycles. The molecule has 3 amide bonds. The predicted octanol–water partition coefficient (Wildman–Crippen LogP) is 1.78. The zero-order valence-corrected chi connectivity index (χ0v) is 16.4. The molecule has 148 valence electrons. The van der Waals surface area contributed by atoms with Crippen molar-refractivity contribution in [2.24, 2.45) is 5.92 Å². The number of benzene rings is 1. The molecule has 0 aliphatic carbocycles. The molecule has 2 heterocycles. The van der Waals surface area contributed by atoms with Crippen LogP contribution in [-0.2, 0) is 11.2 Å². The smallest absolute Gasteiger partial charge is 0.317 e. The molecule has 0 radical (unpaired) electrons. The van der Waals surface area contributed by atoms with Gasteiger partial charge >= 0.3 is 6.03 Å². The van der Waals surface area contributed by atoms with Gasteiger partial charge in [0.2, 0.25) is 5.91 Å². The Bertz CT molecular complexity index is 618. The van der Waals surface area contributed by atoms with E-state index >= 15 is 0 Å². The van der Waals surface area contributed by atoms with Crippen molar-refractivity contribution in [2.45, 2.75) is 32.6 Å². The molecule has 0 atom stereocenters. The van der Waals surface area contributed by atoms with E-state index in [0.717, 1.165) is 37.5 Å². The molecule has 1 aromatic rings. The van der Waals surface area contributed by atoms with E-state index in [0.29, 0.717) is 32.6 Å². The number of aryl methyl sites for hydroxylation is 1. The Morgan fingerprint density at radius 2 is 1.67 bits per heavy atom. The normalized spacial score (nSPS) is 18.4. The van der Waals surface area contributed by atoms with Crippen molar-refractivity contribution in [2.75, 3.05) is 45.8 Å². The average molecular weight is 373 g/mol. The lowest BCUT2D eigenvalue weighted by molar-refractivity contribution is -0.131. The van der Waals surface area contributed by atoms with E-state index in [-0.39, 0.29) is 11.9 Å². The summed E-state index contributed by atoms with van der Waals surface area (Å²) in [6.07, 6.45) is 3.90. The number of nitrogens with zero attached hydrogens (tertiary/aromatic N) is 2. The number of piperazine rings is 1. The average Bonchev–Trinajstić information content (AvgIpc) is 2.70. The molecule has 2 N–H and O–H groups in total. The molecule has 1 aromatic carbocycles. The first kappa shape index (κ1) is 19.7. The lowest BCUT2D eigenvalue weighted by atomic mass is 9.95. The van der Waals surface area contributed by atoms with Crippen LogP contribution in [0.25, 0.3) is 0 Å². The zero-order chi connectivity index (χ0) is 19.1. The highest BCUT2D eigenvalue weighted by molar-refractivity contribution is 5.79. The fraction of sp³-hybridized carbons (Fsp3) is 0.619. The van der Waals surface area contributed by atoms with Gasteiger partial charge in [-0.3, -0.25) is 4.79 Å². The molecule has 0 unspecified atom stereocenters. The molecule has 2 aliphatic rings. The minimum absolute atomic E-state index is 0.00886. The van der Waals surface area contributed by atoms with Gasteiger partial charge < -0.3 is 20.4 Å². The number of rotatable bonds is 5. The van der Waals surface area contributed by atoms with Crippen molar-refractivity contribution in [1.82, 2.24) is 20.4 Å². The van der Waals surface area contributed by atoms with Gasteiger partial charge in [0.05, 0.1) is 6.42 Å². The molecule has 6 nitrogen and oxygen atoms in total. The Morgan fingerprint density at radius 3 is 2.33 bits per heavy atom. The van der Waals surface area contributed by atoms with Crippen molar-refractivity contribution >= 4 is 11.9 Å². The van der Waals surface area contributed by atoms with E-state index < -0.39 is 0 Å². The standard InChI is InChI=1S/C21H32N4O2/c1-17-2-4-19(5-3-17)16-20(26)24-12-14-25(15-13-24)21(27)23-11-8-18-6-9-22-10-7-18/h2-5,18,22H,6-16H2,1H3,(H,23,27). The number of piperidine rings is 1.